The molecule has 0 radical (unpaired) electrons. The highest BCUT2D eigenvalue weighted by Gasteiger charge is 2.26. The minimum Gasteiger partial charge on any atom is -0.497 e. The van der Waals surface area contributed by atoms with Gasteiger partial charge in [0.05, 0.1) is 18.0 Å². The second-order valence-electron chi connectivity index (χ2n) is 7.00. The van der Waals surface area contributed by atoms with E-state index in [1.807, 2.05) is 32.0 Å². The van der Waals surface area contributed by atoms with Crippen molar-refractivity contribution in [2.75, 3.05) is 7.11 Å². The number of hydrogen-bond acceptors (Lipinski definition) is 4. The highest BCUT2D eigenvalue weighted by atomic mass is 32.2. The molecule has 28 heavy (non-hydrogen) atoms. The Morgan fingerprint density at radius 2 is 1.57 bits per heavy atom. The predicted molar refractivity (Wildman–Crippen MR) is 110 cm³/mol. The van der Waals surface area contributed by atoms with Gasteiger partial charge in [-0.15, -0.1) is 0 Å². The molecule has 0 fully saturated rings. The Morgan fingerprint density at radius 3 is 2.07 bits per heavy atom. The Morgan fingerprint density at radius 1 is 1.04 bits per heavy atom. The van der Waals surface area contributed by atoms with Gasteiger partial charge in [-0.2, -0.15) is 4.72 Å². The van der Waals surface area contributed by atoms with Gasteiger partial charge < -0.3 is 10.1 Å². The quantitative estimate of drug-likeness (QED) is 0.743. The van der Waals surface area contributed by atoms with E-state index in [0.717, 1.165) is 22.4 Å². The second kappa shape index (κ2) is 8.75. The van der Waals surface area contributed by atoms with E-state index in [9.17, 15) is 13.2 Å². The van der Waals surface area contributed by atoms with E-state index in [1.54, 1.807) is 33.1 Å². The lowest BCUT2D eigenvalue weighted by Gasteiger charge is -2.19. The molecule has 2 N–H and O–H groups in total. The first-order chi connectivity index (χ1) is 13.1. The lowest BCUT2D eigenvalue weighted by molar-refractivity contribution is -0.122. The summed E-state index contributed by atoms with van der Waals surface area (Å²) in [5.74, 6) is 0.342. The van der Waals surface area contributed by atoms with Crippen molar-refractivity contribution in [2.45, 2.75) is 52.1 Å². The Balaban J connectivity index is 2.10. The van der Waals surface area contributed by atoms with Gasteiger partial charge in [0.15, 0.2) is 0 Å². The van der Waals surface area contributed by atoms with Crippen LogP contribution in [0.4, 0.5) is 0 Å². The average molecular weight is 405 g/mol. The van der Waals surface area contributed by atoms with Crippen LogP contribution in [0.5, 0.6) is 5.75 Å². The molecule has 0 aliphatic carbocycles. The Kier molecular flexibility index (Phi) is 6.85. The average Bonchev–Trinajstić information content (AvgIpc) is 2.64. The summed E-state index contributed by atoms with van der Waals surface area (Å²) in [7, 11) is -2.24. The fourth-order valence-corrected chi connectivity index (χ4v) is 4.83. The minimum absolute atomic E-state index is 0.250. The number of amides is 1. The van der Waals surface area contributed by atoms with Crippen LogP contribution in [0.2, 0.25) is 0 Å². The normalized spacial score (nSPS) is 12.5. The topological polar surface area (TPSA) is 84.5 Å². The molecule has 0 saturated heterocycles. The van der Waals surface area contributed by atoms with Crippen LogP contribution < -0.4 is 14.8 Å². The number of carbonyl (C=O) groups excluding carboxylic acids is 1. The van der Waals surface area contributed by atoms with Crippen LogP contribution in [-0.4, -0.2) is 27.5 Å². The Labute approximate surface area is 167 Å². The molecular formula is C21H28N2O4S. The first-order valence-electron chi connectivity index (χ1n) is 9.07. The third kappa shape index (κ3) is 4.91. The van der Waals surface area contributed by atoms with Gasteiger partial charge >= 0.3 is 0 Å². The van der Waals surface area contributed by atoms with Crippen molar-refractivity contribution in [3.63, 3.8) is 0 Å². The number of nitrogens with one attached hydrogen (secondary N) is 2. The van der Waals surface area contributed by atoms with Crippen molar-refractivity contribution in [2.24, 2.45) is 0 Å². The maximum atomic E-state index is 12.9. The third-order valence-corrected chi connectivity index (χ3v) is 6.73. The number of rotatable bonds is 7. The second-order valence-corrected chi connectivity index (χ2v) is 8.65. The van der Waals surface area contributed by atoms with E-state index in [2.05, 4.69) is 10.0 Å². The first-order valence-corrected chi connectivity index (χ1v) is 10.6. The van der Waals surface area contributed by atoms with Gasteiger partial charge in [-0.3, -0.25) is 4.79 Å². The van der Waals surface area contributed by atoms with Gasteiger partial charge in [-0.05, 0) is 74.6 Å². The molecule has 152 valence electrons. The van der Waals surface area contributed by atoms with Gasteiger partial charge in [-0.1, -0.05) is 18.2 Å². The zero-order valence-electron chi connectivity index (χ0n) is 17.2. The fourth-order valence-electron chi connectivity index (χ4n) is 3.01. The molecule has 1 atom stereocenters. The molecule has 0 heterocycles. The van der Waals surface area contributed by atoms with E-state index < -0.39 is 16.1 Å². The van der Waals surface area contributed by atoms with E-state index in [-0.39, 0.29) is 10.8 Å². The molecule has 0 aromatic heterocycles. The summed E-state index contributed by atoms with van der Waals surface area (Å²) in [5.41, 5.74) is 4.09. The van der Waals surface area contributed by atoms with Crippen LogP contribution in [0, 0.1) is 27.7 Å². The largest absolute Gasteiger partial charge is 0.497 e. The molecule has 6 nitrogen and oxygen atoms in total. The molecule has 1 amide bonds. The molecule has 2 aromatic carbocycles. The minimum atomic E-state index is -3.83. The molecule has 0 spiro atoms. The van der Waals surface area contributed by atoms with Crippen molar-refractivity contribution in [3.05, 3.63) is 58.1 Å². The lowest BCUT2D eigenvalue weighted by Crippen LogP contribution is -2.44. The molecule has 2 rings (SSSR count). The van der Waals surface area contributed by atoms with E-state index in [1.165, 1.54) is 6.92 Å². The van der Waals surface area contributed by atoms with Crippen molar-refractivity contribution in [1.82, 2.24) is 10.0 Å². The SMILES string of the molecule is COc1ccc(CNC(=O)[C@@H](C)NS(=O)(=O)c2c(C)c(C)cc(C)c2C)cc1. The van der Waals surface area contributed by atoms with Gasteiger partial charge in [0, 0.05) is 6.54 Å². The van der Waals surface area contributed by atoms with Crippen molar-refractivity contribution in [1.29, 1.82) is 0 Å². The zero-order valence-corrected chi connectivity index (χ0v) is 18.0. The lowest BCUT2D eigenvalue weighted by atomic mass is 10.0. The van der Waals surface area contributed by atoms with Crippen molar-refractivity contribution >= 4 is 15.9 Å². The summed E-state index contributed by atoms with van der Waals surface area (Å²) in [4.78, 5) is 12.6. The summed E-state index contributed by atoms with van der Waals surface area (Å²) in [6, 6.07) is 8.36. The summed E-state index contributed by atoms with van der Waals surface area (Å²) >= 11 is 0. The molecule has 0 bridgehead atoms. The smallest absolute Gasteiger partial charge is 0.241 e. The molecule has 0 unspecified atom stereocenters. The van der Waals surface area contributed by atoms with Crippen LogP contribution in [0.3, 0.4) is 0 Å². The van der Waals surface area contributed by atoms with Crippen LogP contribution >= 0.6 is 0 Å². The number of carbonyl (C=O) groups is 1. The number of hydrogen-bond donors (Lipinski definition) is 2. The molecule has 0 saturated carbocycles. The van der Waals surface area contributed by atoms with Gasteiger partial charge in [0.25, 0.3) is 0 Å². The Hall–Kier alpha value is -2.38. The molecular weight excluding hydrogens is 376 g/mol. The van der Waals surface area contributed by atoms with Crippen LogP contribution in [0.1, 0.15) is 34.7 Å². The maximum absolute atomic E-state index is 12.9. The summed E-state index contributed by atoms with van der Waals surface area (Å²) in [6.07, 6.45) is 0. The van der Waals surface area contributed by atoms with Crippen LogP contribution in [-0.2, 0) is 21.4 Å². The monoisotopic (exact) mass is 404 g/mol. The number of benzene rings is 2. The van der Waals surface area contributed by atoms with Crippen molar-refractivity contribution < 1.29 is 17.9 Å². The predicted octanol–water partition coefficient (Wildman–Crippen LogP) is 2.91. The molecule has 7 heteroatoms. The first kappa shape index (κ1) is 21.9. The van der Waals surface area contributed by atoms with E-state index in [0.29, 0.717) is 17.7 Å². The number of ether oxygens (including phenoxy) is 1. The van der Waals surface area contributed by atoms with Crippen LogP contribution in [0.15, 0.2) is 35.2 Å². The van der Waals surface area contributed by atoms with Gasteiger partial charge in [0.2, 0.25) is 15.9 Å². The number of sulfonamides is 1. The van der Waals surface area contributed by atoms with E-state index in [4.69, 9.17) is 4.74 Å². The van der Waals surface area contributed by atoms with Gasteiger partial charge in [0.1, 0.15) is 5.75 Å². The summed E-state index contributed by atoms with van der Waals surface area (Å²) in [6.45, 7) is 9.16. The highest BCUT2D eigenvalue weighted by molar-refractivity contribution is 7.89. The molecule has 2 aromatic rings. The maximum Gasteiger partial charge on any atom is 0.241 e. The summed E-state index contributed by atoms with van der Waals surface area (Å²) in [5, 5.41) is 2.76. The van der Waals surface area contributed by atoms with E-state index >= 15 is 0 Å². The third-order valence-electron chi connectivity index (χ3n) is 4.92. The zero-order chi connectivity index (χ0) is 21.1. The molecule has 0 aliphatic rings. The standard InChI is InChI=1S/C21H28N2O4S/c1-13-11-14(2)16(4)20(15(13)3)28(25,26)23-17(5)21(24)22-12-18-7-9-19(27-6)10-8-18/h7-11,17,23H,12H2,1-6H3,(H,22,24)/t17-/m1/s1. The van der Waals surface area contributed by atoms with Gasteiger partial charge in [-0.25, -0.2) is 8.42 Å². The molecule has 0 aliphatic heterocycles. The fraction of sp³-hybridized carbons (Fsp3) is 0.381. The van der Waals surface area contributed by atoms with Crippen molar-refractivity contribution in [3.8, 4) is 5.75 Å². The number of methoxy groups -OCH3 is 1. The Bertz CT molecular complexity index is 941. The highest BCUT2D eigenvalue weighted by Crippen LogP contribution is 2.26. The van der Waals surface area contributed by atoms with Crippen LogP contribution in [0.25, 0.3) is 0 Å². The summed E-state index contributed by atoms with van der Waals surface area (Å²) < 4.78 is 33.5. The number of aryl methyl sites for hydroxylation is 2.